The van der Waals surface area contributed by atoms with Gasteiger partial charge in [-0.1, -0.05) is 18.2 Å². The molecule has 2 amide bonds. The van der Waals surface area contributed by atoms with Crippen LogP contribution in [0.25, 0.3) is 33.5 Å². The summed E-state index contributed by atoms with van der Waals surface area (Å²) in [6.07, 6.45) is 4.45. The van der Waals surface area contributed by atoms with E-state index in [-0.39, 0.29) is 11.9 Å². The van der Waals surface area contributed by atoms with E-state index < -0.39 is 11.6 Å². The monoisotopic (exact) mass is 567 g/mol. The van der Waals surface area contributed by atoms with E-state index in [0.717, 1.165) is 51.9 Å². The summed E-state index contributed by atoms with van der Waals surface area (Å²) < 4.78 is 6.14. The molecule has 0 aliphatic carbocycles. The Hall–Kier alpha value is -4.60. The smallest absolute Gasteiger partial charge is 0.408 e. The standard InChI is InChI=1S/C32H37N7O3/c1-32(2,3)39(31(41)42)24-10-8-14-37(20-24)30(40)23-12-13-27-25(15-23)34-29(36(27)5)28-16-22-9-6-7-11-26(22)38(28)19-21-17-33-35(4)18-21/h6-7,9,11-13,15-18,24H,8,10,14,19-20H2,1-5H3,(H,41,42)/t24-/m1/s1. The van der Waals surface area contributed by atoms with Gasteiger partial charge in [0.25, 0.3) is 5.91 Å². The van der Waals surface area contributed by atoms with Crippen LogP contribution >= 0.6 is 0 Å². The first-order valence-electron chi connectivity index (χ1n) is 14.4. The van der Waals surface area contributed by atoms with Crippen LogP contribution in [-0.2, 0) is 20.6 Å². The van der Waals surface area contributed by atoms with Gasteiger partial charge in [0.05, 0.1) is 35.5 Å². The van der Waals surface area contributed by atoms with Crippen LogP contribution in [0.3, 0.4) is 0 Å². The predicted octanol–water partition coefficient (Wildman–Crippen LogP) is 5.36. The van der Waals surface area contributed by atoms with Crippen LogP contribution in [0.1, 0.15) is 49.5 Å². The van der Waals surface area contributed by atoms with Crippen molar-refractivity contribution in [1.29, 1.82) is 0 Å². The fourth-order valence-corrected chi connectivity index (χ4v) is 6.39. The van der Waals surface area contributed by atoms with Gasteiger partial charge in [-0.05, 0) is 63.9 Å². The molecule has 1 atom stereocenters. The van der Waals surface area contributed by atoms with Gasteiger partial charge in [-0.2, -0.15) is 5.10 Å². The van der Waals surface area contributed by atoms with Crippen LogP contribution in [-0.4, -0.2) is 75.5 Å². The Kier molecular flexibility index (Phi) is 6.79. The number of carbonyl (C=O) groups is 2. The molecule has 5 aromatic rings. The molecule has 1 fully saturated rings. The first-order chi connectivity index (χ1) is 20.0. The molecule has 0 bridgehead atoms. The Morgan fingerprint density at radius 1 is 1.07 bits per heavy atom. The largest absolute Gasteiger partial charge is 0.465 e. The molecule has 4 heterocycles. The predicted molar refractivity (Wildman–Crippen MR) is 162 cm³/mol. The van der Waals surface area contributed by atoms with Crippen LogP contribution in [0, 0.1) is 0 Å². The van der Waals surface area contributed by atoms with Crippen molar-refractivity contribution in [2.75, 3.05) is 13.1 Å². The lowest BCUT2D eigenvalue weighted by atomic mass is 9.97. The van der Waals surface area contributed by atoms with Crippen molar-refractivity contribution in [3.63, 3.8) is 0 Å². The summed E-state index contributed by atoms with van der Waals surface area (Å²) in [4.78, 5) is 34.1. The van der Waals surface area contributed by atoms with E-state index >= 15 is 0 Å². The number of imidazole rings is 1. The van der Waals surface area contributed by atoms with E-state index in [0.29, 0.717) is 25.2 Å². The third-order valence-electron chi connectivity index (χ3n) is 8.24. The van der Waals surface area contributed by atoms with Gasteiger partial charge in [-0.25, -0.2) is 9.78 Å². The Morgan fingerprint density at radius 2 is 1.86 bits per heavy atom. The van der Waals surface area contributed by atoms with Crippen LogP contribution in [0.15, 0.2) is 60.9 Å². The fourth-order valence-electron chi connectivity index (χ4n) is 6.39. The number of aromatic nitrogens is 5. The van der Waals surface area contributed by atoms with Gasteiger partial charge in [-0.3, -0.25) is 14.4 Å². The minimum absolute atomic E-state index is 0.0984. The highest BCUT2D eigenvalue weighted by Crippen LogP contribution is 2.32. The number of amides is 2. The van der Waals surface area contributed by atoms with Crippen LogP contribution in [0.2, 0.25) is 0 Å². The number of fused-ring (bicyclic) bond motifs is 2. The maximum absolute atomic E-state index is 13.7. The molecule has 1 aliphatic heterocycles. The van der Waals surface area contributed by atoms with E-state index in [1.165, 1.54) is 4.90 Å². The van der Waals surface area contributed by atoms with Crippen molar-refractivity contribution in [2.24, 2.45) is 14.1 Å². The zero-order valence-electron chi connectivity index (χ0n) is 24.8. The number of rotatable bonds is 5. The lowest BCUT2D eigenvalue weighted by molar-refractivity contribution is 0.0315. The Morgan fingerprint density at radius 3 is 2.57 bits per heavy atom. The van der Waals surface area contributed by atoms with Gasteiger partial charge in [0.15, 0.2) is 5.82 Å². The van der Waals surface area contributed by atoms with Crippen LogP contribution in [0.4, 0.5) is 4.79 Å². The number of hydrogen-bond donors (Lipinski definition) is 1. The van der Waals surface area contributed by atoms with Crippen molar-refractivity contribution >= 4 is 33.9 Å². The second kappa shape index (κ2) is 10.3. The maximum Gasteiger partial charge on any atom is 0.408 e. The fraction of sp³-hybridized carbons (Fsp3) is 0.375. The van der Waals surface area contributed by atoms with Crippen molar-refractivity contribution in [2.45, 2.75) is 51.7 Å². The van der Waals surface area contributed by atoms with E-state index in [1.807, 2.05) is 77.6 Å². The number of likely N-dealkylation sites (tertiary alicyclic amines) is 1. The molecule has 10 nitrogen and oxygen atoms in total. The number of aryl methyl sites for hydroxylation is 2. The second-order valence-electron chi connectivity index (χ2n) is 12.3. The highest BCUT2D eigenvalue weighted by Gasteiger charge is 2.37. The molecule has 2 aromatic carbocycles. The number of carboxylic acid groups (broad SMARTS) is 1. The summed E-state index contributed by atoms with van der Waals surface area (Å²) in [6.45, 7) is 7.32. The number of piperidine rings is 1. The van der Waals surface area contributed by atoms with E-state index in [2.05, 4.69) is 32.4 Å². The van der Waals surface area contributed by atoms with E-state index in [9.17, 15) is 14.7 Å². The van der Waals surface area contributed by atoms with Crippen molar-refractivity contribution in [3.05, 3.63) is 72.1 Å². The molecule has 3 aromatic heterocycles. The molecule has 10 heteroatoms. The highest BCUT2D eigenvalue weighted by molar-refractivity contribution is 5.98. The lowest BCUT2D eigenvalue weighted by Crippen LogP contribution is -2.57. The van der Waals surface area contributed by atoms with Crippen LogP contribution in [0.5, 0.6) is 0 Å². The maximum atomic E-state index is 13.7. The van der Waals surface area contributed by atoms with Crippen molar-refractivity contribution < 1.29 is 14.7 Å². The molecular weight excluding hydrogens is 530 g/mol. The zero-order valence-corrected chi connectivity index (χ0v) is 24.8. The quantitative estimate of drug-likeness (QED) is 0.308. The van der Waals surface area contributed by atoms with E-state index in [1.54, 1.807) is 9.58 Å². The molecule has 42 heavy (non-hydrogen) atoms. The van der Waals surface area contributed by atoms with Gasteiger partial charge in [0.1, 0.15) is 0 Å². The topological polar surface area (TPSA) is 101 Å². The summed E-state index contributed by atoms with van der Waals surface area (Å²) in [6, 6.07) is 15.9. The molecule has 0 saturated carbocycles. The van der Waals surface area contributed by atoms with Crippen molar-refractivity contribution in [1.82, 2.24) is 33.7 Å². The first-order valence-corrected chi connectivity index (χ1v) is 14.4. The Balaban J connectivity index is 1.34. The lowest BCUT2D eigenvalue weighted by Gasteiger charge is -2.44. The zero-order chi connectivity index (χ0) is 29.8. The van der Waals surface area contributed by atoms with Crippen LogP contribution < -0.4 is 0 Å². The average Bonchev–Trinajstić information content (AvgIpc) is 3.62. The summed E-state index contributed by atoms with van der Waals surface area (Å²) in [5, 5.41) is 15.4. The normalized spacial score (nSPS) is 15.9. The summed E-state index contributed by atoms with van der Waals surface area (Å²) in [5.41, 5.74) is 4.88. The molecule has 1 saturated heterocycles. The minimum Gasteiger partial charge on any atom is -0.465 e. The third-order valence-corrected chi connectivity index (χ3v) is 8.24. The molecule has 218 valence electrons. The van der Waals surface area contributed by atoms with Crippen molar-refractivity contribution in [3.8, 4) is 11.5 Å². The van der Waals surface area contributed by atoms with Gasteiger partial charge in [0, 0.05) is 61.0 Å². The second-order valence-corrected chi connectivity index (χ2v) is 12.3. The number of benzene rings is 2. The molecule has 0 unspecified atom stereocenters. The number of para-hydroxylation sites is 1. The van der Waals surface area contributed by atoms with E-state index in [4.69, 9.17) is 4.98 Å². The Bertz CT molecular complexity index is 1810. The summed E-state index contributed by atoms with van der Waals surface area (Å²) in [7, 11) is 3.92. The van der Waals surface area contributed by atoms with Gasteiger partial charge < -0.3 is 19.1 Å². The van der Waals surface area contributed by atoms with Gasteiger partial charge in [0.2, 0.25) is 0 Å². The molecule has 0 radical (unpaired) electrons. The third kappa shape index (κ3) is 4.91. The number of carbonyl (C=O) groups excluding carboxylic acids is 1. The summed E-state index contributed by atoms with van der Waals surface area (Å²) >= 11 is 0. The molecule has 1 N–H and O–H groups in total. The molecule has 0 spiro atoms. The Labute approximate surface area is 244 Å². The molecule has 6 rings (SSSR count). The SMILES string of the molecule is Cn1cc(Cn2c(-c3nc4cc(C(=O)N5CCC[C@@H](N(C(=O)O)C(C)(C)C)C5)ccc4n3C)cc3ccccc32)cn1. The minimum atomic E-state index is -0.954. The highest BCUT2D eigenvalue weighted by atomic mass is 16.4. The average molecular weight is 568 g/mol. The van der Waals surface area contributed by atoms with Gasteiger partial charge in [-0.15, -0.1) is 0 Å². The molecule has 1 aliphatic rings. The number of nitrogens with zero attached hydrogens (tertiary/aromatic N) is 7. The first kappa shape index (κ1) is 27.6. The number of hydrogen-bond acceptors (Lipinski definition) is 4. The molecular formula is C32H37N7O3. The summed E-state index contributed by atoms with van der Waals surface area (Å²) in [5.74, 6) is 0.716. The van der Waals surface area contributed by atoms with Gasteiger partial charge >= 0.3 is 6.09 Å².